The minimum absolute atomic E-state index is 0.331. The van der Waals surface area contributed by atoms with Crippen molar-refractivity contribution >= 4 is 27.3 Å². The van der Waals surface area contributed by atoms with Crippen LogP contribution in [0.3, 0.4) is 0 Å². The summed E-state index contributed by atoms with van der Waals surface area (Å²) in [5.74, 6) is 0.331. The van der Waals surface area contributed by atoms with Crippen molar-refractivity contribution in [3.63, 3.8) is 0 Å². The molecule has 17 heavy (non-hydrogen) atoms. The lowest BCUT2D eigenvalue weighted by Crippen LogP contribution is -2.11. The van der Waals surface area contributed by atoms with Gasteiger partial charge in [-0.1, -0.05) is 24.3 Å². The van der Waals surface area contributed by atoms with Crippen LogP contribution in [0.1, 0.15) is 22.1 Å². The highest BCUT2D eigenvalue weighted by molar-refractivity contribution is 9.11. The van der Waals surface area contributed by atoms with Gasteiger partial charge in [-0.25, -0.2) is 0 Å². The van der Waals surface area contributed by atoms with E-state index < -0.39 is 0 Å². The van der Waals surface area contributed by atoms with Crippen LogP contribution >= 0.6 is 27.3 Å². The average Bonchev–Trinajstić information content (AvgIpc) is 2.93. The minimum atomic E-state index is -0.335. The van der Waals surface area contributed by atoms with Crippen LogP contribution in [0.2, 0.25) is 0 Å². The van der Waals surface area contributed by atoms with Crippen molar-refractivity contribution in [2.24, 2.45) is 5.92 Å². The van der Waals surface area contributed by atoms with Gasteiger partial charge in [-0.2, -0.15) is 0 Å². The third-order valence-corrected chi connectivity index (χ3v) is 5.11. The number of benzene rings is 1. The second-order valence-corrected chi connectivity index (χ2v) is 7.02. The Labute approximate surface area is 113 Å². The van der Waals surface area contributed by atoms with Gasteiger partial charge in [0.2, 0.25) is 0 Å². The first-order valence-corrected chi connectivity index (χ1v) is 7.35. The molecule has 0 saturated carbocycles. The van der Waals surface area contributed by atoms with E-state index in [-0.39, 0.29) is 6.10 Å². The summed E-state index contributed by atoms with van der Waals surface area (Å²) in [5, 5.41) is 10.4. The normalized spacial score (nSPS) is 17.1. The van der Waals surface area contributed by atoms with E-state index in [4.69, 9.17) is 0 Å². The third-order valence-electron chi connectivity index (χ3n) is 3.41. The van der Waals surface area contributed by atoms with E-state index in [1.807, 2.05) is 12.1 Å². The molecule has 0 bridgehead atoms. The molecule has 2 aromatic rings. The van der Waals surface area contributed by atoms with Gasteiger partial charge >= 0.3 is 0 Å². The summed E-state index contributed by atoms with van der Waals surface area (Å²) in [6, 6.07) is 12.5. The summed E-state index contributed by atoms with van der Waals surface area (Å²) in [4.78, 5) is 1.06. The number of aliphatic hydroxyl groups is 1. The second kappa shape index (κ2) is 4.56. The first kappa shape index (κ1) is 11.5. The molecule has 0 amide bonds. The summed E-state index contributed by atoms with van der Waals surface area (Å²) >= 11 is 5.07. The van der Waals surface area contributed by atoms with Gasteiger partial charge in [0.1, 0.15) is 0 Å². The quantitative estimate of drug-likeness (QED) is 0.890. The van der Waals surface area contributed by atoms with Gasteiger partial charge in [0.15, 0.2) is 0 Å². The van der Waals surface area contributed by atoms with Gasteiger partial charge in [0.25, 0.3) is 0 Å². The van der Waals surface area contributed by atoms with Crippen molar-refractivity contribution in [1.82, 2.24) is 0 Å². The molecule has 0 saturated heterocycles. The maximum Gasteiger partial charge on any atom is 0.0916 e. The number of aliphatic hydroxyl groups excluding tert-OH is 1. The third kappa shape index (κ3) is 2.19. The summed E-state index contributed by atoms with van der Waals surface area (Å²) < 4.78 is 1.09. The molecule has 0 aliphatic heterocycles. The van der Waals surface area contributed by atoms with Crippen LogP contribution < -0.4 is 0 Å². The molecule has 1 atom stereocenters. The summed E-state index contributed by atoms with van der Waals surface area (Å²) in [7, 11) is 0. The number of hydrogen-bond acceptors (Lipinski definition) is 2. The van der Waals surface area contributed by atoms with Crippen LogP contribution in [0.4, 0.5) is 0 Å². The monoisotopic (exact) mass is 308 g/mol. The standard InChI is InChI=1S/C14H13BrOS/c15-13-6-5-12(17-13)14(16)11-7-9-3-1-2-4-10(9)8-11/h1-6,11,14,16H,7-8H2. The fraction of sp³-hybridized carbons (Fsp3) is 0.286. The molecule has 0 spiro atoms. The first-order chi connectivity index (χ1) is 8.24. The van der Waals surface area contributed by atoms with Gasteiger partial charge in [0, 0.05) is 4.88 Å². The second-order valence-electron chi connectivity index (χ2n) is 4.52. The maximum atomic E-state index is 10.4. The lowest BCUT2D eigenvalue weighted by molar-refractivity contribution is 0.117. The van der Waals surface area contributed by atoms with Gasteiger partial charge in [-0.3, -0.25) is 0 Å². The van der Waals surface area contributed by atoms with Gasteiger partial charge < -0.3 is 5.11 Å². The van der Waals surface area contributed by atoms with Crippen molar-refractivity contribution in [3.05, 3.63) is 56.2 Å². The Morgan fingerprint density at radius 1 is 1.12 bits per heavy atom. The highest BCUT2D eigenvalue weighted by Crippen LogP contribution is 2.38. The van der Waals surface area contributed by atoms with Gasteiger partial charge in [-0.15, -0.1) is 11.3 Å². The molecule has 1 aromatic heterocycles. The molecule has 1 nitrogen and oxygen atoms in total. The fourth-order valence-electron chi connectivity index (χ4n) is 2.54. The highest BCUT2D eigenvalue weighted by atomic mass is 79.9. The molecule has 1 aromatic carbocycles. The van der Waals surface area contributed by atoms with Crippen molar-refractivity contribution in [1.29, 1.82) is 0 Å². The van der Waals surface area contributed by atoms with Crippen LogP contribution in [0.5, 0.6) is 0 Å². The minimum Gasteiger partial charge on any atom is -0.387 e. The summed E-state index contributed by atoms with van der Waals surface area (Å²) in [6.07, 6.45) is 1.65. The Morgan fingerprint density at radius 3 is 2.29 bits per heavy atom. The van der Waals surface area contributed by atoms with E-state index in [1.165, 1.54) is 11.1 Å². The van der Waals surface area contributed by atoms with E-state index in [1.54, 1.807) is 11.3 Å². The van der Waals surface area contributed by atoms with E-state index in [0.717, 1.165) is 21.5 Å². The van der Waals surface area contributed by atoms with Gasteiger partial charge in [0.05, 0.1) is 9.89 Å². The predicted octanol–water partition coefficient (Wildman–Crippen LogP) is 3.96. The topological polar surface area (TPSA) is 20.2 Å². The van der Waals surface area contributed by atoms with Crippen LogP contribution in [-0.2, 0) is 12.8 Å². The molecular formula is C14H13BrOS. The summed E-state index contributed by atoms with van der Waals surface area (Å²) in [5.41, 5.74) is 2.79. The van der Waals surface area contributed by atoms with Crippen LogP contribution in [0.15, 0.2) is 40.2 Å². The smallest absolute Gasteiger partial charge is 0.0916 e. The van der Waals surface area contributed by atoms with E-state index in [2.05, 4.69) is 40.2 Å². The summed E-state index contributed by atoms with van der Waals surface area (Å²) in [6.45, 7) is 0. The lowest BCUT2D eigenvalue weighted by Gasteiger charge is -2.15. The Morgan fingerprint density at radius 2 is 1.76 bits per heavy atom. The molecule has 0 radical (unpaired) electrons. The van der Waals surface area contributed by atoms with E-state index in [9.17, 15) is 5.11 Å². The van der Waals surface area contributed by atoms with Crippen molar-refractivity contribution in [2.45, 2.75) is 18.9 Å². The average molecular weight is 309 g/mol. The Balaban J connectivity index is 1.80. The van der Waals surface area contributed by atoms with Crippen LogP contribution in [0.25, 0.3) is 0 Å². The molecule has 1 N–H and O–H groups in total. The molecule has 1 unspecified atom stereocenters. The van der Waals surface area contributed by atoms with Crippen LogP contribution in [0, 0.1) is 5.92 Å². The molecule has 0 fully saturated rings. The van der Waals surface area contributed by atoms with E-state index in [0.29, 0.717) is 5.92 Å². The largest absolute Gasteiger partial charge is 0.387 e. The number of thiophene rings is 1. The molecule has 1 heterocycles. The maximum absolute atomic E-state index is 10.4. The molecule has 88 valence electrons. The SMILES string of the molecule is OC(c1ccc(Br)s1)C1Cc2ccccc2C1. The van der Waals surface area contributed by atoms with E-state index >= 15 is 0 Å². The molecular weight excluding hydrogens is 296 g/mol. The van der Waals surface area contributed by atoms with Crippen molar-refractivity contribution < 1.29 is 5.11 Å². The Kier molecular flexibility index (Phi) is 3.07. The highest BCUT2D eigenvalue weighted by Gasteiger charge is 2.28. The molecule has 1 aliphatic carbocycles. The predicted molar refractivity (Wildman–Crippen MR) is 74.3 cm³/mol. The Bertz CT molecular complexity index is 510. The van der Waals surface area contributed by atoms with Crippen LogP contribution in [-0.4, -0.2) is 5.11 Å². The zero-order chi connectivity index (χ0) is 11.8. The number of fused-ring (bicyclic) bond motifs is 1. The number of hydrogen-bond donors (Lipinski definition) is 1. The van der Waals surface area contributed by atoms with Gasteiger partial charge in [-0.05, 0) is 57.9 Å². The number of halogens is 1. The number of rotatable bonds is 2. The van der Waals surface area contributed by atoms with Crippen molar-refractivity contribution in [2.75, 3.05) is 0 Å². The Hall–Kier alpha value is -0.640. The van der Waals surface area contributed by atoms with Crippen molar-refractivity contribution in [3.8, 4) is 0 Å². The molecule has 3 heteroatoms. The first-order valence-electron chi connectivity index (χ1n) is 5.74. The molecule has 3 rings (SSSR count). The fourth-order valence-corrected chi connectivity index (χ4v) is 4.04. The zero-order valence-corrected chi connectivity index (χ0v) is 11.7. The zero-order valence-electron chi connectivity index (χ0n) is 9.27. The molecule has 1 aliphatic rings. The lowest BCUT2D eigenvalue weighted by atomic mass is 9.98.